The number of imidazole rings is 1. The highest BCUT2D eigenvalue weighted by atomic mass is 19.3. The van der Waals surface area contributed by atoms with Crippen LogP contribution in [0.15, 0.2) is 71.7 Å². The average molecular weight is 437 g/mol. The molecule has 2 aromatic heterocycles. The van der Waals surface area contributed by atoms with E-state index in [1.807, 2.05) is 30.3 Å². The van der Waals surface area contributed by atoms with Gasteiger partial charge in [0, 0.05) is 19.2 Å². The number of piperidine rings is 1. The molecular formula is C23H21F2N5O2. The lowest BCUT2D eigenvalue weighted by Gasteiger charge is -2.30. The summed E-state index contributed by atoms with van der Waals surface area (Å²) in [6.07, 6.45) is 1.05. The number of nitrogens with one attached hydrogen (secondary N) is 1. The molecule has 1 atom stereocenters. The molecule has 9 heteroatoms. The number of ether oxygens (including phenoxy) is 1. The predicted molar refractivity (Wildman–Crippen MR) is 118 cm³/mol. The van der Waals surface area contributed by atoms with Gasteiger partial charge < -0.3 is 15.8 Å². The number of pyridine rings is 1. The third-order valence-corrected chi connectivity index (χ3v) is 5.55. The Balaban J connectivity index is 1.59. The lowest BCUT2D eigenvalue weighted by Crippen LogP contribution is -2.46. The number of para-hydroxylation sites is 1. The summed E-state index contributed by atoms with van der Waals surface area (Å²) in [5.74, 6) is -1.46. The van der Waals surface area contributed by atoms with E-state index in [2.05, 4.69) is 10.3 Å². The highest BCUT2D eigenvalue weighted by molar-refractivity contribution is 5.87. The number of rotatable bonds is 4. The Morgan fingerprint density at radius 2 is 1.78 bits per heavy atom. The van der Waals surface area contributed by atoms with Crippen LogP contribution in [0.1, 0.15) is 12.5 Å². The smallest absolute Gasteiger partial charge is 0.334 e. The molecule has 0 bridgehead atoms. The van der Waals surface area contributed by atoms with E-state index in [0.717, 1.165) is 0 Å². The van der Waals surface area contributed by atoms with Crippen LogP contribution in [0.25, 0.3) is 16.7 Å². The first kappa shape index (κ1) is 20.2. The van der Waals surface area contributed by atoms with Crippen LogP contribution in [0, 0.1) is 0 Å². The first-order valence-corrected chi connectivity index (χ1v) is 10.2. The van der Waals surface area contributed by atoms with E-state index in [-0.39, 0.29) is 12.4 Å². The number of halogens is 2. The van der Waals surface area contributed by atoms with Gasteiger partial charge in [-0.05, 0) is 42.5 Å². The fraction of sp³-hybridized carbons (Fsp3) is 0.217. The van der Waals surface area contributed by atoms with Crippen molar-refractivity contribution in [2.45, 2.75) is 18.4 Å². The number of nitrogens with zero attached hydrogens (tertiary/aromatic N) is 3. The number of nitrogen functional groups attached to an aromatic ring is 1. The molecule has 0 aliphatic carbocycles. The summed E-state index contributed by atoms with van der Waals surface area (Å²) in [6.45, 7) is -0.135. The van der Waals surface area contributed by atoms with Crippen molar-refractivity contribution in [3.05, 3.63) is 77.3 Å². The van der Waals surface area contributed by atoms with E-state index in [1.165, 1.54) is 15.3 Å². The summed E-state index contributed by atoms with van der Waals surface area (Å²) in [5.41, 5.74) is 7.07. The summed E-state index contributed by atoms with van der Waals surface area (Å²) < 4.78 is 36.8. The summed E-state index contributed by atoms with van der Waals surface area (Å²) in [4.78, 5) is 17.6. The molecule has 3 heterocycles. The zero-order valence-corrected chi connectivity index (χ0v) is 17.0. The molecule has 1 aliphatic heterocycles. The lowest BCUT2D eigenvalue weighted by atomic mass is 10.0. The fourth-order valence-electron chi connectivity index (χ4n) is 4.16. The first-order valence-electron chi connectivity index (χ1n) is 10.2. The van der Waals surface area contributed by atoms with Gasteiger partial charge in [0.1, 0.15) is 22.8 Å². The van der Waals surface area contributed by atoms with Gasteiger partial charge in [-0.3, -0.25) is 9.13 Å². The Labute approximate surface area is 182 Å². The fourth-order valence-corrected chi connectivity index (χ4v) is 4.16. The minimum absolute atomic E-state index is 0.151. The Morgan fingerprint density at radius 3 is 2.50 bits per heavy atom. The molecule has 0 spiro atoms. The number of benzene rings is 2. The molecule has 3 N–H and O–H groups in total. The van der Waals surface area contributed by atoms with Gasteiger partial charge in [0.25, 0.3) is 5.92 Å². The van der Waals surface area contributed by atoms with Gasteiger partial charge in [-0.25, -0.2) is 18.6 Å². The van der Waals surface area contributed by atoms with Gasteiger partial charge in [-0.1, -0.05) is 18.2 Å². The number of fused-ring (bicyclic) bond motifs is 1. The van der Waals surface area contributed by atoms with Crippen LogP contribution < -0.4 is 21.5 Å². The van der Waals surface area contributed by atoms with Gasteiger partial charge in [0.2, 0.25) is 0 Å². The van der Waals surface area contributed by atoms with E-state index in [4.69, 9.17) is 10.5 Å². The Hall–Kier alpha value is -3.72. The predicted octanol–water partition coefficient (Wildman–Crippen LogP) is 3.73. The van der Waals surface area contributed by atoms with Crippen LogP contribution in [-0.2, 0) is 0 Å². The van der Waals surface area contributed by atoms with E-state index < -0.39 is 30.6 Å². The zero-order chi connectivity index (χ0) is 22.3. The molecule has 0 amide bonds. The number of aromatic nitrogens is 3. The van der Waals surface area contributed by atoms with E-state index in [0.29, 0.717) is 28.2 Å². The van der Waals surface area contributed by atoms with Crippen LogP contribution in [0.5, 0.6) is 11.5 Å². The summed E-state index contributed by atoms with van der Waals surface area (Å²) in [5, 5.41) is 2.73. The van der Waals surface area contributed by atoms with Crippen molar-refractivity contribution < 1.29 is 13.5 Å². The van der Waals surface area contributed by atoms with Gasteiger partial charge >= 0.3 is 5.69 Å². The maximum absolute atomic E-state index is 14.1. The van der Waals surface area contributed by atoms with Crippen LogP contribution in [0.4, 0.5) is 14.6 Å². The van der Waals surface area contributed by atoms with Crippen molar-refractivity contribution in [2.75, 3.05) is 18.8 Å². The Kier molecular flexibility index (Phi) is 4.90. The van der Waals surface area contributed by atoms with E-state index in [1.54, 1.807) is 30.3 Å². The van der Waals surface area contributed by atoms with Crippen LogP contribution in [0.2, 0.25) is 0 Å². The third kappa shape index (κ3) is 3.60. The summed E-state index contributed by atoms with van der Waals surface area (Å²) >= 11 is 0. The largest absolute Gasteiger partial charge is 0.457 e. The molecule has 32 heavy (non-hydrogen) atoms. The van der Waals surface area contributed by atoms with Gasteiger partial charge in [-0.15, -0.1) is 0 Å². The lowest BCUT2D eigenvalue weighted by molar-refractivity contribution is -0.0364. The van der Waals surface area contributed by atoms with Crippen molar-refractivity contribution in [2.24, 2.45) is 0 Å². The maximum atomic E-state index is 14.1. The first-order chi connectivity index (χ1) is 15.4. The maximum Gasteiger partial charge on any atom is 0.334 e. The number of nitrogens with two attached hydrogens (primary N) is 1. The SMILES string of the molecule is Nc1nccc2c1n(-c1ccc(Oc3ccccc3)cc1)c(=O)n2[C@@H]1CNCC(F)(F)C1. The van der Waals surface area contributed by atoms with Crippen molar-refractivity contribution in [1.29, 1.82) is 0 Å². The minimum atomic E-state index is -2.90. The van der Waals surface area contributed by atoms with Crippen molar-refractivity contribution in [1.82, 2.24) is 19.4 Å². The second-order valence-electron chi connectivity index (χ2n) is 7.81. The summed E-state index contributed by atoms with van der Waals surface area (Å²) in [6, 6.07) is 17.2. The highest BCUT2D eigenvalue weighted by Crippen LogP contribution is 2.32. The molecule has 0 unspecified atom stereocenters. The highest BCUT2D eigenvalue weighted by Gasteiger charge is 2.38. The van der Waals surface area contributed by atoms with Crippen molar-refractivity contribution >= 4 is 16.9 Å². The molecule has 7 nitrogen and oxygen atoms in total. The number of hydrogen-bond acceptors (Lipinski definition) is 5. The molecule has 4 aromatic rings. The Morgan fingerprint density at radius 1 is 1.06 bits per heavy atom. The van der Waals surface area contributed by atoms with E-state index >= 15 is 0 Å². The average Bonchev–Trinajstić information content (AvgIpc) is 3.07. The molecule has 0 radical (unpaired) electrons. The molecule has 164 valence electrons. The number of anilines is 1. The van der Waals surface area contributed by atoms with Crippen molar-refractivity contribution in [3.8, 4) is 17.2 Å². The molecule has 1 aliphatic rings. The second kappa shape index (κ2) is 7.76. The Bertz CT molecular complexity index is 1320. The van der Waals surface area contributed by atoms with E-state index in [9.17, 15) is 13.6 Å². The molecule has 5 rings (SSSR count). The number of hydrogen-bond donors (Lipinski definition) is 2. The van der Waals surface area contributed by atoms with Gasteiger partial charge in [-0.2, -0.15) is 0 Å². The van der Waals surface area contributed by atoms with Crippen molar-refractivity contribution in [3.63, 3.8) is 0 Å². The van der Waals surface area contributed by atoms with Crippen LogP contribution >= 0.6 is 0 Å². The topological polar surface area (TPSA) is 87.1 Å². The second-order valence-corrected chi connectivity index (χ2v) is 7.81. The third-order valence-electron chi connectivity index (χ3n) is 5.55. The zero-order valence-electron chi connectivity index (χ0n) is 17.0. The molecule has 0 saturated carbocycles. The van der Waals surface area contributed by atoms with Crippen LogP contribution in [0.3, 0.4) is 0 Å². The molecule has 1 fully saturated rings. The number of alkyl halides is 2. The minimum Gasteiger partial charge on any atom is -0.457 e. The summed E-state index contributed by atoms with van der Waals surface area (Å²) in [7, 11) is 0. The van der Waals surface area contributed by atoms with Gasteiger partial charge in [0.05, 0.1) is 23.8 Å². The quantitative estimate of drug-likeness (QED) is 0.508. The van der Waals surface area contributed by atoms with Crippen LogP contribution in [-0.4, -0.2) is 33.1 Å². The molecule has 2 aromatic carbocycles. The monoisotopic (exact) mass is 437 g/mol. The standard InChI is InChI=1S/C23H21F2N5O2/c24-23(25)12-16(13-27-14-23)29-19-10-11-28-21(26)20(19)30(22(29)31)15-6-8-18(9-7-15)32-17-4-2-1-3-5-17/h1-11,16,27H,12-14H2,(H2,26,28)/t16-/m0/s1. The van der Waals surface area contributed by atoms with Gasteiger partial charge in [0.15, 0.2) is 0 Å². The normalized spacial score (nSPS) is 18.0. The molecule has 1 saturated heterocycles. The molecular weight excluding hydrogens is 416 g/mol.